The van der Waals surface area contributed by atoms with Crippen molar-refractivity contribution in [2.24, 2.45) is 5.92 Å². The zero-order chi connectivity index (χ0) is 22.3. The van der Waals surface area contributed by atoms with Crippen molar-refractivity contribution < 1.29 is 9.21 Å². The molecule has 3 aromatic rings. The highest BCUT2D eigenvalue weighted by molar-refractivity contribution is 7.99. The van der Waals surface area contributed by atoms with Crippen LogP contribution >= 0.6 is 11.8 Å². The lowest BCUT2D eigenvalue weighted by Gasteiger charge is -2.31. The molecule has 0 bridgehead atoms. The van der Waals surface area contributed by atoms with E-state index in [1.54, 1.807) is 6.26 Å². The molecule has 32 heavy (non-hydrogen) atoms. The molecule has 8 heteroatoms. The van der Waals surface area contributed by atoms with Crippen molar-refractivity contribution in [2.45, 2.75) is 44.9 Å². The number of benzene rings is 1. The van der Waals surface area contributed by atoms with Gasteiger partial charge >= 0.3 is 0 Å². The Hall–Kier alpha value is -2.74. The predicted octanol–water partition coefficient (Wildman–Crippen LogP) is 4.30. The maximum absolute atomic E-state index is 12.9. The third-order valence-electron chi connectivity index (χ3n) is 5.93. The molecule has 2 aromatic heterocycles. The molecular formula is C24H31N5O2S. The van der Waals surface area contributed by atoms with Crippen molar-refractivity contribution in [3.63, 3.8) is 0 Å². The molecule has 1 aliphatic rings. The van der Waals surface area contributed by atoms with Crippen LogP contribution in [0.4, 0.5) is 5.95 Å². The molecule has 0 saturated carbocycles. The zero-order valence-corrected chi connectivity index (χ0v) is 19.6. The second-order valence-electron chi connectivity index (χ2n) is 8.30. The molecule has 0 aliphatic carbocycles. The maximum atomic E-state index is 12.9. The molecule has 1 aliphatic heterocycles. The fraction of sp³-hybridized carbons (Fsp3) is 0.458. The molecular weight excluding hydrogens is 422 g/mol. The van der Waals surface area contributed by atoms with Gasteiger partial charge in [-0.2, -0.15) is 0 Å². The van der Waals surface area contributed by atoms with Gasteiger partial charge in [0.1, 0.15) is 5.76 Å². The monoisotopic (exact) mass is 453 g/mol. The second kappa shape index (κ2) is 10.7. The van der Waals surface area contributed by atoms with Gasteiger partial charge < -0.3 is 14.2 Å². The molecule has 0 spiro atoms. The van der Waals surface area contributed by atoms with Crippen LogP contribution in [0.15, 0.2) is 58.3 Å². The number of amides is 1. The van der Waals surface area contributed by atoms with Gasteiger partial charge in [-0.1, -0.05) is 49.0 Å². The van der Waals surface area contributed by atoms with E-state index in [4.69, 9.17) is 4.42 Å². The van der Waals surface area contributed by atoms with Gasteiger partial charge in [-0.05, 0) is 43.4 Å². The van der Waals surface area contributed by atoms with E-state index in [1.807, 2.05) is 42.2 Å². The topological polar surface area (TPSA) is 67.4 Å². The van der Waals surface area contributed by atoms with Gasteiger partial charge in [0.05, 0.1) is 18.6 Å². The van der Waals surface area contributed by atoms with E-state index in [1.165, 1.54) is 11.8 Å². The standard InChI is InChI=1S/C24H31N5O2S/c1-3-27(16-20-8-5-4-6-9-20)22(30)18-32-24-26-25-23(28-13-11-19(2)12-14-28)29(24)17-21-10-7-15-31-21/h4-10,15,19H,3,11-14,16-18H2,1-2H3. The summed E-state index contributed by atoms with van der Waals surface area (Å²) < 4.78 is 7.67. The van der Waals surface area contributed by atoms with Gasteiger partial charge in [-0.3, -0.25) is 9.36 Å². The van der Waals surface area contributed by atoms with E-state index < -0.39 is 0 Å². The van der Waals surface area contributed by atoms with Crippen molar-refractivity contribution in [1.29, 1.82) is 0 Å². The normalized spacial score (nSPS) is 14.6. The summed E-state index contributed by atoms with van der Waals surface area (Å²) in [5, 5.41) is 9.71. The Morgan fingerprint density at radius 3 is 2.62 bits per heavy atom. The summed E-state index contributed by atoms with van der Waals surface area (Å²) in [5.74, 6) is 2.88. The Balaban J connectivity index is 1.46. The largest absolute Gasteiger partial charge is 0.467 e. The van der Waals surface area contributed by atoms with Crippen LogP contribution in [0.3, 0.4) is 0 Å². The minimum absolute atomic E-state index is 0.0993. The third-order valence-corrected chi connectivity index (χ3v) is 6.88. The lowest BCUT2D eigenvalue weighted by molar-refractivity contribution is -0.128. The number of nitrogens with zero attached hydrogens (tertiary/aromatic N) is 5. The first-order chi connectivity index (χ1) is 15.6. The van der Waals surface area contributed by atoms with Crippen LogP contribution in [0.2, 0.25) is 0 Å². The Kier molecular flexibility index (Phi) is 7.52. The average molecular weight is 454 g/mol. The maximum Gasteiger partial charge on any atom is 0.233 e. The third kappa shape index (κ3) is 5.54. The van der Waals surface area contributed by atoms with Crippen LogP contribution in [-0.2, 0) is 17.9 Å². The summed E-state index contributed by atoms with van der Waals surface area (Å²) in [4.78, 5) is 17.1. The van der Waals surface area contributed by atoms with Crippen LogP contribution in [0, 0.1) is 5.92 Å². The highest BCUT2D eigenvalue weighted by Gasteiger charge is 2.24. The Bertz CT molecular complexity index is 981. The van der Waals surface area contributed by atoms with Crippen LogP contribution in [0.25, 0.3) is 0 Å². The first kappa shape index (κ1) is 22.5. The van der Waals surface area contributed by atoms with Crippen molar-refractivity contribution in [2.75, 3.05) is 30.3 Å². The molecule has 0 N–H and O–H groups in total. The van der Waals surface area contributed by atoms with E-state index >= 15 is 0 Å². The quantitative estimate of drug-likeness (QED) is 0.450. The SMILES string of the molecule is CCN(Cc1ccccc1)C(=O)CSc1nnc(N2CCC(C)CC2)n1Cc1ccco1. The van der Waals surface area contributed by atoms with Crippen molar-refractivity contribution in [3.8, 4) is 0 Å². The molecule has 1 saturated heterocycles. The van der Waals surface area contributed by atoms with Gasteiger partial charge in [-0.15, -0.1) is 10.2 Å². The number of anilines is 1. The van der Waals surface area contributed by atoms with Crippen LogP contribution < -0.4 is 4.90 Å². The van der Waals surface area contributed by atoms with Gasteiger partial charge in [-0.25, -0.2) is 0 Å². The number of rotatable bonds is 9. The Morgan fingerprint density at radius 2 is 1.94 bits per heavy atom. The van der Waals surface area contributed by atoms with Gasteiger partial charge in [0.2, 0.25) is 11.9 Å². The minimum atomic E-state index is 0.0993. The molecule has 1 amide bonds. The molecule has 3 heterocycles. The van der Waals surface area contributed by atoms with Crippen LogP contribution in [0.5, 0.6) is 0 Å². The van der Waals surface area contributed by atoms with Crippen molar-refractivity contribution in [1.82, 2.24) is 19.7 Å². The summed E-state index contributed by atoms with van der Waals surface area (Å²) in [6, 6.07) is 13.9. The fourth-order valence-electron chi connectivity index (χ4n) is 3.92. The number of hydrogen-bond acceptors (Lipinski definition) is 6. The van der Waals surface area contributed by atoms with Gasteiger partial charge in [0.25, 0.3) is 0 Å². The molecule has 4 rings (SSSR count). The molecule has 0 atom stereocenters. The van der Waals surface area contributed by atoms with Crippen LogP contribution in [-0.4, -0.2) is 51.0 Å². The number of carbonyl (C=O) groups excluding carboxylic acids is 1. The Morgan fingerprint density at radius 1 is 1.16 bits per heavy atom. The molecule has 0 unspecified atom stereocenters. The summed E-state index contributed by atoms with van der Waals surface area (Å²) in [5.41, 5.74) is 1.13. The molecule has 1 fully saturated rings. The number of carbonyl (C=O) groups is 1. The highest BCUT2D eigenvalue weighted by atomic mass is 32.2. The number of aromatic nitrogens is 3. The van der Waals surface area contributed by atoms with E-state index in [0.717, 1.165) is 54.3 Å². The summed E-state index contributed by atoms with van der Waals surface area (Å²) >= 11 is 1.45. The lowest BCUT2D eigenvalue weighted by Crippen LogP contribution is -2.35. The molecule has 0 radical (unpaired) electrons. The summed E-state index contributed by atoms with van der Waals surface area (Å²) in [6.45, 7) is 8.10. The number of furan rings is 1. The van der Waals surface area contributed by atoms with E-state index in [0.29, 0.717) is 25.4 Å². The first-order valence-electron chi connectivity index (χ1n) is 11.3. The summed E-state index contributed by atoms with van der Waals surface area (Å²) in [7, 11) is 0. The second-order valence-corrected chi connectivity index (χ2v) is 9.24. The number of thioether (sulfide) groups is 1. The molecule has 7 nitrogen and oxygen atoms in total. The van der Waals surface area contributed by atoms with Gasteiger partial charge in [0, 0.05) is 26.2 Å². The van der Waals surface area contributed by atoms with Crippen molar-refractivity contribution in [3.05, 3.63) is 60.1 Å². The fourth-order valence-corrected chi connectivity index (χ4v) is 4.76. The van der Waals surface area contributed by atoms with Gasteiger partial charge in [0.15, 0.2) is 5.16 Å². The lowest BCUT2D eigenvalue weighted by atomic mass is 10.00. The van der Waals surface area contributed by atoms with Crippen LogP contribution in [0.1, 0.15) is 38.0 Å². The Labute approximate surface area is 193 Å². The molecule has 1 aromatic carbocycles. The van der Waals surface area contributed by atoms with E-state index in [-0.39, 0.29) is 5.91 Å². The average Bonchev–Trinajstić information content (AvgIpc) is 3.47. The smallest absolute Gasteiger partial charge is 0.233 e. The summed E-state index contributed by atoms with van der Waals surface area (Å²) in [6.07, 6.45) is 3.99. The van der Waals surface area contributed by atoms with Crippen molar-refractivity contribution >= 4 is 23.6 Å². The first-order valence-corrected chi connectivity index (χ1v) is 12.3. The number of piperidine rings is 1. The highest BCUT2D eigenvalue weighted by Crippen LogP contribution is 2.27. The molecule has 170 valence electrons. The predicted molar refractivity (Wildman–Crippen MR) is 127 cm³/mol. The zero-order valence-electron chi connectivity index (χ0n) is 18.8. The number of hydrogen-bond donors (Lipinski definition) is 0. The van der Waals surface area contributed by atoms with E-state index in [9.17, 15) is 4.79 Å². The van der Waals surface area contributed by atoms with E-state index in [2.05, 4.69) is 38.7 Å². The minimum Gasteiger partial charge on any atom is -0.467 e.